The number of nitrogens with zero attached hydrogens (tertiary/aromatic N) is 5. The summed E-state index contributed by atoms with van der Waals surface area (Å²) in [5.74, 6) is 0.572. The summed E-state index contributed by atoms with van der Waals surface area (Å²) in [4.78, 5) is 23.3. The fourth-order valence-corrected chi connectivity index (χ4v) is 4.11. The Hall–Kier alpha value is -4.47. The van der Waals surface area contributed by atoms with Crippen molar-refractivity contribution in [3.05, 3.63) is 71.8 Å². The van der Waals surface area contributed by atoms with E-state index in [1.807, 2.05) is 43.2 Å². The molecule has 0 unspecified atom stereocenters. The van der Waals surface area contributed by atoms with Gasteiger partial charge in [-0.05, 0) is 30.3 Å². The summed E-state index contributed by atoms with van der Waals surface area (Å²) in [5, 5.41) is 13.7. The van der Waals surface area contributed by atoms with Crippen molar-refractivity contribution < 1.29 is 9.18 Å². The number of fused-ring (bicyclic) bond motifs is 3. The number of halogens is 1. The van der Waals surface area contributed by atoms with Crippen LogP contribution >= 0.6 is 0 Å². The number of aromatic nitrogens is 4. The lowest BCUT2D eigenvalue weighted by atomic mass is 9.99. The lowest BCUT2D eigenvalue weighted by Gasteiger charge is -2.29. The van der Waals surface area contributed by atoms with Crippen molar-refractivity contribution in [2.75, 3.05) is 29.6 Å². The van der Waals surface area contributed by atoms with Crippen LogP contribution in [-0.4, -0.2) is 39.8 Å². The first-order valence-electron chi connectivity index (χ1n) is 10.7. The Kier molecular flexibility index (Phi) is 5.33. The van der Waals surface area contributed by atoms with E-state index >= 15 is 0 Å². The van der Waals surface area contributed by atoms with Crippen LogP contribution in [-0.2, 0) is 13.6 Å². The minimum atomic E-state index is -0.426. The molecule has 10 heteroatoms. The van der Waals surface area contributed by atoms with Crippen molar-refractivity contribution in [1.82, 2.24) is 25.1 Å². The molecular weight excluding hydrogens is 435 g/mol. The average molecular weight is 459 g/mol. The third kappa shape index (κ3) is 3.90. The van der Waals surface area contributed by atoms with Gasteiger partial charge in [0.15, 0.2) is 0 Å². The number of nitrogens with one attached hydrogen (secondary N) is 3. The first kappa shape index (κ1) is 21.4. The molecule has 9 nitrogen and oxygen atoms in total. The van der Waals surface area contributed by atoms with Crippen LogP contribution in [0, 0.1) is 5.82 Å². The van der Waals surface area contributed by atoms with Crippen LogP contribution in [0.1, 0.15) is 15.9 Å². The van der Waals surface area contributed by atoms with Crippen LogP contribution in [0.5, 0.6) is 0 Å². The van der Waals surface area contributed by atoms with E-state index in [-0.39, 0.29) is 5.91 Å². The first-order valence-corrected chi connectivity index (χ1v) is 10.7. The van der Waals surface area contributed by atoms with Crippen molar-refractivity contribution >= 4 is 34.7 Å². The fourth-order valence-electron chi connectivity index (χ4n) is 4.11. The van der Waals surface area contributed by atoms with Gasteiger partial charge in [-0.3, -0.25) is 9.48 Å². The zero-order valence-corrected chi connectivity index (χ0v) is 18.9. The summed E-state index contributed by atoms with van der Waals surface area (Å²) in [6.07, 6.45) is 3.15. The number of hydrogen-bond acceptors (Lipinski definition) is 7. The number of carbonyl (C=O) groups excluding carboxylic acids is 1. The second-order valence-electron chi connectivity index (χ2n) is 8.02. The van der Waals surface area contributed by atoms with Crippen LogP contribution in [0.2, 0.25) is 0 Å². The molecule has 0 aliphatic carbocycles. The molecule has 4 aromatic rings. The van der Waals surface area contributed by atoms with Gasteiger partial charge in [-0.2, -0.15) is 5.10 Å². The second-order valence-corrected chi connectivity index (χ2v) is 8.02. The van der Waals surface area contributed by atoms with Gasteiger partial charge in [0.1, 0.15) is 23.3 Å². The molecule has 0 atom stereocenters. The number of benzene rings is 1. The van der Waals surface area contributed by atoms with Gasteiger partial charge < -0.3 is 20.9 Å². The van der Waals surface area contributed by atoms with E-state index in [9.17, 15) is 9.18 Å². The molecule has 0 fully saturated rings. The fraction of sp³-hybridized carbons (Fsp3) is 0.167. The largest absolute Gasteiger partial charge is 0.368 e. The zero-order valence-electron chi connectivity index (χ0n) is 18.9. The molecule has 3 N–H and O–H groups in total. The molecule has 0 saturated heterocycles. The summed E-state index contributed by atoms with van der Waals surface area (Å²) < 4.78 is 15.0. The minimum Gasteiger partial charge on any atom is -0.368 e. The van der Waals surface area contributed by atoms with E-state index in [4.69, 9.17) is 0 Å². The molecule has 1 aliphatic rings. The molecule has 0 spiro atoms. The van der Waals surface area contributed by atoms with E-state index < -0.39 is 5.82 Å². The monoisotopic (exact) mass is 458 g/mol. The Morgan fingerprint density at radius 1 is 1.06 bits per heavy atom. The Balaban J connectivity index is 1.55. The quantitative estimate of drug-likeness (QED) is 0.418. The second kappa shape index (κ2) is 8.47. The van der Waals surface area contributed by atoms with Crippen molar-refractivity contribution in [2.45, 2.75) is 6.54 Å². The van der Waals surface area contributed by atoms with Crippen molar-refractivity contribution in [3.8, 4) is 11.3 Å². The van der Waals surface area contributed by atoms with E-state index in [1.165, 1.54) is 12.1 Å². The first-order chi connectivity index (χ1) is 16.4. The number of rotatable bonds is 5. The molecule has 4 heterocycles. The van der Waals surface area contributed by atoms with Crippen LogP contribution in [0.3, 0.4) is 0 Å². The van der Waals surface area contributed by atoms with E-state index in [2.05, 4.69) is 35.9 Å². The Labute approximate surface area is 195 Å². The van der Waals surface area contributed by atoms with Crippen molar-refractivity contribution in [2.24, 2.45) is 7.05 Å². The van der Waals surface area contributed by atoms with Gasteiger partial charge in [0.05, 0.1) is 28.8 Å². The molecule has 5 rings (SSSR count). The lowest BCUT2D eigenvalue weighted by Crippen LogP contribution is -2.23. The predicted molar refractivity (Wildman–Crippen MR) is 129 cm³/mol. The van der Waals surface area contributed by atoms with Crippen molar-refractivity contribution in [1.29, 1.82) is 0 Å². The molecule has 34 heavy (non-hydrogen) atoms. The number of pyridine rings is 2. The molecular formula is C24H23FN8O. The maximum Gasteiger partial charge on any atom is 0.254 e. The summed E-state index contributed by atoms with van der Waals surface area (Å²) in [5.41, 5.74) is 5.24. The molecule has 172 valence electrons. The molecule has 0 bridgehead atoms. The normalized spacial score (nSPS) is 12.1. The van der Waals surface area contributed by atoms with Crippen molar-refractivity contribution in [3.63, 3.8) is 0 Å². The van der Waals surface area contributed by atoms with Crippen LogP contribution in [0.4, 0.5) is 33.2 Å². The number of aryl methyl sites for hydroxylation is 1. The molecule has 3 aromatic heterocycles. The smallest absolute Gasteiger partial charge is 0.254 e. The molecule has 1 aromatic carbocycles. The zero-order chi connectivity index (χ0) is 23.8. The summed E-state index contributed by atoms with van der Waals surface area (Å²) >= 11 is 0. The Morgan fingerprint density at radius 3 is 2.65 bits per heavy atom. The molecule has 0 radical (unpaired) electrons. The van der Waals surface area contributed by atoms with Gasteiger partial charge >= 0.3 is 0 Å². The number of carbonyl (C=O) groups is 1. The number of para-hydroxylation sites is 1. The summed E-state index contributed by atoms with van der Waals surface area (Å²) in [6, 6.07) is 12.1. The van der Waals surface area contributed by atoms with Gasteiger partial charge in [0.2, 0.25) is 0 Å². The van der Waals surface area contributed by atoms with E-state index in [1.54, 1.807) is 19.2 Å². The van der Waals surface area contributed by atoms with Gasteiger partial charge in [0, 0.05) is 45.0 Å². The summed E-state index contributed by atoms with van der Waals surface area (Å²) in [6.45, 7) is 0.711. The standard InChI is InChI=1S/C24H23FN8O/c1-26-24(34)17-8-10-20(29-19-9-7-15(25)11-27-19)30-23(17)28-18-6-4-5-16-21-14(13-33(3)31-21)12-32(2)22(16)18/h4-11,13H,12H2,1-3H3,(H,26,34)(H2,27,28,29,30). The molecule has 1 aliphatic heterocycles. The third-order valence-electron chi connectivity index (χ3n) is 5.59. The van der Waals surface area contributed by atoms with Gasteiger partial charge in [-0.25, -0.2) is 14.4 Å². The lowest BCUT2D eigenvalue weighted by molar-refractivity contribution is 0.0963. The highest BCUT2D eigenvalue weighted by atomic mass is 19.1. The Morgan fingerprint density at radius 2 is 1.88 bits per heavy atom. The van der Waals surface area contributed by atoms with Crippen LogP contribution in [0.25, 0.3) is 11.3 Å². The van der Waals surface area contributed by atoms with Crippen LogP contribution < -0.4 is 20.9 Å². The number of hydrogen-bond donors (Lipinski definition) is 3. The molecule has 0 saturated carbocycles. The maximum absolute atomic E-state index is 13.2. The Bertz CT molecular complexity index is 1380. The van der Waals surface area contributed by atoms with Gasteiger partial charge in [-0.15, -0.1) is 0 Å². The number of anilines is 5. The average Bonchev–Trinajstić information content (AvgIpc) is 3.20. The topological polar surface area (TPSA) is 100 Å². The number of amides is 1. The highest BCUT2D eigenvalue weighted by Gasteiger charge is 2.26. The van der Waals surface area contributed by atoms with Crippen LogP contribution in [0.15, 0.2) is 54.9 Å². The molecule has 1 amide bonds. The van der Waals surface area contributed by atoms with E-state index in [0.717, 1.165) is 34.4 Å². The maximum atomic E-state index is 13.2. The third-order valence-corrected chi connectivity index (χ3v) is 5.59. The van der Waals surface area contributed by atoms with Gasteiger partial charge in [-0.1, -0.05) is 12.1 Å². The SMILES string of the molecule is CNC(=O)c1ccc(Nc2ccc(F)cn2)nc1Nc1cccc2c1N(C)Cc1cn(C)nc1-2. The van der Waals surface area contributed by atoms with Gasteiger partial charge in [0.25, 0.3) is 5.91 Å². The highest BCUT2D eigenvalue weighted by molar-refractivity contribution is 6.01. The highest BCUT2D eigenvalue weighted by Crippen LogP contribution is 2.43. The minimum absolute atomic E-state index is 0.272. The van der Waals surface area contributed by atoms with E-state index in [0.29, 0.717) is 29.6 Å². The predicted octanol–water partition coefficient (Wildman–Crippen LogP) is 3.81. The summed E-state index contributed by atoms with van der Waals surface area (Å²) in [7, 11) is 5.50.